The second kappa shape index (κ2) is 10.4. The molecule has 2 aromatic rings. The number of ether oxygens (including phenoxy) is 1. The van der Waals surface area contributed by atoms with Crippen molar-refractivity contribution in [2.75, 3.05) is 37.4 Å². The van der Waals surface area contributed by atoms with E-state index in [1.165, 1.54) is 25.1 Å². The summed E-state index contributed by atoms with van der Waals surface area (Å²) in [5.41, 5.74) is 1.50. The van der Waals surface area contributed by atoms with Crippen LogP contribution in [0, 0.1) is 17.6 Å². The Bertz CT molecular complexity index is 867. The molecule has 31 heavy (non-hydrogen) atoms. The zero-order valence-electron chi connectivity index (χ0n) is 18.1. The van der Waals surface area contributed by atoms with Crippen LogP contribution in [0.15, 0.2) is 30.5 Å². The van der Waals surface area contributed by atoms with Crippen LogP contribution in [0.5, 0.6) is 0 Å². The Hall–Kier alpha value is -2.25. The van der Waals surface area contributed by atoms with E-state index in [1.54, 1.807) is 25.3 Å². The van der Waals surface area contributed by atoms with Gasteiger partial charge >= 0.3 is 0 Å². The average Bonchev–Trinajstić information content (AvgIpc) is 3.61. The van der Waals surface area contributed by atoms with Crippen molar-refractivity contribution in [1.29, 1.82) is 0 Å². The van der Waals surface area contributed by atoms with Gasteiger partial charge in [0, 0.05) is 37.8 Å². The second-order valence-corrected chi connectivity index (χ2v) is 8.71. The number of nitrogens with zero attached hydrogens (tertiary/aromatic N) is 1. The van der Waals surface area contributed by atoms with E-state index >= 15 is 0 Å². The number of methoxy groups -OCH3 is 1. The minimum atomic E-state index is -0.406. The van der Waals surface area contributed by atoms with Gasteiger partial charge in [-0.25, -0.2) is 13.8 Å². The van der Waals surface area contributed by atoms with Crippen molar-refractivity contribution in [1.82, 2.24) is 10.3 Å². The predicted molar refractivity (Wildman–Crippen MR) is 120 cm³/mol. The summed E-state index contributed by atoms with van der Waals surface area (Å²) in [6.45, 7) is 2.36. The van der Waals surface area contributed by atoms with E-state index in [4.69, 9.17) is 4.74 Å². The van der Waals surface area contributed by atoms with Crippen LogP contribution in [-0.4, -0.2) is 43.9 Å². The molecule has 0 unspecified atom stereocenters. The third-order valence-electron chi connectivity index (χ3n) is 6.23. The Morgan fingerprint density at radius 3 is 2.52 bits per heavy atom. The zero-order chi connectivity index (χ0) is 21.6. The third kappa shape index (κ3) is 6.14. The molecule has 0 bridgehead atoms. The molecule has 0 aliphatic heterocycles. The number of pyridine rings is 1. The van der Waals surface area contributed by atoms with E-state index in [0.29, 0.717) is 40.6 Å². The van der Waals surface area contributed by atoms with Gasteiger partial charge in [-0.2, -0.15) is 0 Å². The Morgan fingerprint density at radius 1 is 1.00 bits per heavy atom. The number of hydrogen-bond donors (Lipinski definition) is 3. The Morgan fingerprint density at radius 2 is 1.77 bits per heavy atom. The van der Waals surface area contributed by atoms with Crippen molar-refractivity contribution in [3.05, 3.63) is 42.1 Å². The summed E-state index contributed by atoms with van der Waals surface area (Å²) in [7, 11) is 1.71. The van der Waals surface area contributed by atoms with E-state index in [0.717, 1.165) is 45.4 Å². The van der Waals surface area contributed by atoms with Gasteiger partial charge in [0.05, 0.1) is 18.5 Å². The Kier molecular flexibility index (Phi) is 7.35. The number of hydrogen-bond acceptors (Lipinski definition) is 5. The first-order valence-corrected chi connectivity index (χ1v) is 11.3. The molecule has 7 heteroatoms. The summed E-state index contributed by atoms with van der Waals surface area (Å²) < 4.78 is 33.8. The molecule has 0 atom stereocenters. The fraction of sp³-hybridized carbons (Fsp3) is 0.542. The molecule has 5 nitrogen and oxygen atoms in total. The fourth-order valence-electron chi connectivity index (χ4n) is 4.16. The van der Waals surface area contributed by atoms with Crippen LogP contribution in [0.1, 0.15) is 38.5 Å². The lowest BCUT2D eigenvalue weighted by Gasteiger charge is -2.30. The lowest BCUT2D eigenvalue weighted by atomic mass is 9.91. The quantitative estimate of drug-likeness (QED) is 0.473. The maximum atomic E-state index is 14.6. The van der Waals surface area contributed by atoms with E-state index in [-0.39, 0.29) is 5.82 Å². The summed E-state index contributed by atoms with van der Waals surface area (Å²) in [6.07, 6.45) is 7.86. The highest BCUT2D eigenvalue weighted by Gasteiger charge is 2.22. The molecule has 3 N–H and O–H groups in total. The summed E-state index contributed by atoms with van der Waals surface area (Å²) in [6, 6.07) is 7.28. The molecular formula is C24H32F2N4O. The number of anilines is 2. The van der Waals surface area contributed by atoms with Gasteiger partial charge in [-0.1, -0.05) is 6.07 Å². The molecule has 0 saturated heterocycles. The molecule has 0 radical (unpaired) electrons. The van der Waals surface area contributed by atoms with Crippen LogP contribution in [-0.2, 0) is 4.74 Å². The van der Waals surface area contributed by atoms with Gasteiger partial charge in [-0.05, 0) is 68.2 Å². The first kappa shape index (κ1) is 22.0. The minimum absolute atomic E-state index is 0.312. The van der Waals surface area contributed by atoms with Crippen LogP contribution < -0.4 is 16.0 Å². The van der Waals surface area contributed by atoms with Crippen molar-refractivity contribution < 1.29 is 13.5 Å². The molecule has 1 heterocycles. The third-order valence-corrected chi connectivity index (χ3v) is 6.23. The fourth-order valence-corrected chi connectivity index (χ4v) is 4.16. The number of benzene rings is 1. The lowest BCUT2D eigenvalue weighted by molar-refractivity contribution is 0.191. The van der Waals surface area contributed by atoms with Crippen molar-refractivity contribution in [3.8, 4) is 11.1 Å². The van der Waals surface area contributed by atoms with Crippen LogP contribution in [0.3, 0.4) is 0 Å². The molecule has 2 fully saturated rings. The smallest absolute Gasteiger partial charge is 0.149 e. The topological polar surface area (TPSA) is 58.2 Å². The summed E-state index contributed by atoms with van der Waals surface area (Å²) in [5, 5.41) is 10.1. The van der Waals surface area contributed by atoms with Gasteiger partial charge in [-0.15, -0.1) is 0 Å². The van der Waals surface area contributed by atoms with Crippen molar-refractivity contribution in [2.24, 2.45) is 5.92 Å². The predicted octanol–water partition coefficient (Wildman–Crippen LogP) is 4.81. The molecule has 168 valence electrons. The average molecular weight is 431 g/mol. The highest BCUT2D eigenvalue weighted by Crippen LogP contribution is 2.32. The molecule has 2 aliphatic carbocycles. The van der Waals surface area contributed by atoms with Crippen LogP contribution >= 0.6 is 0 Å². The number of aromatic nitrogens is 1. The Balaban J connectivity index is 1.39. The second-order valence-electron chi connectivity index (χ2n) is 8.71. The lowest BCUT2D eigenvalue weighted by Crippen LogP contribution is -2.38. The molecule has 2 saturated carbocycles. The van der Waals surface area contributed by atoms with Gasteiger partial charge in [-0.3, -0.25) is 0 Å². The summed E-state index contributed by atoms with van der Waals surface area (Å²) >= 11 is 0. The van der Waals surface area contributed by atoms with Crippen molar-refractivity contribution in [3.63, 3.8) is 0 Å². The number of nitrogens with one attached hydrogen (secondary N) is 3. The SMILES string of the molecule is COCCN[C@H]1CC[C@H](Nc2cc(-c3ccc(F)c(NCC4CC4)c3)c(F)cn2)CC1. The molecule has 4 rings (SSSR count). The molecule has 1 aromatic heterocycles. The van der Waals surface area contributed by atoms with Gasteiger partial charge in [0.2, 0.25) is 0 Å². The van der Waals surface area contributed by atoms with Gasteiger partial charge in [0.1, 0.15) is 17.5 Å². The van der Waals surface area contributed by atoms with Crippen LogP contribution in [0.25, 0.3) is 11.1 Å². The van der Waals surface area contributed by atoms with E-state index in [9.17, 15) is 8.78 Å². The normalized spacial score (nSPS) is 21.1. The van der Waals surface area contributed by atoms with E-state index < -0.39 is 5.82 Å². The number of halogens is 2. The van der Waals surface area contributed by atoms with Crippen LogP contribution in [0.2, 0.25) is 0 Å². The van der Waals surface area contributed by atoms with Crippen molar-refractivity contribution in [2.45, 2.75) is 50.6 Å². The van der Waals surface area contributed by atoms with Crippen LogP contribution in [0.4, 0.5) is 20.3 Å². The highest BCUT2D eigenvalue weighted by atomic mass is 19.1. The summed E-state index contributed by atoms with van der Waals surface area (Å²) in [4.78, 5) is 4.24. The first-order chi connectivity index (χ1) is 15.1. The monoisotopic (exact) mass is 430 g/mol. The molecule has 0 amide bonds. The maximum Gasteiger partial charge on any atom is 0.149 e. The Labute approximate surface area is 183 Å². The van der Waals surface area contributed by atoms with Gasteiger partial charge in [0.15, 0.2) is 0 Å². The molecular weight excluding hydrogens is 398 g/mol. The first-order valence-electron chi connectivity index (χ1n) is 11.3. The largest absolute Gasteiger partial charge is 0.383 e. The molecule has 1 aromatic carbocycles. The minimum Gasteiger partial charge on any atom is -0.383 e. The standard InChI is InChI=1S/C24H32F2N4O/c1-31-11-10-27-18-5-7-19(8-6-18)30-24-13-20(22(26)15-29-24)17-4-9-21(25)23(12-17)28-14-16-2-3-16/h4,9,12-13,15-16,18-19,27-28H,2-3,5-8,10-11,14H2,1H3,(H,29,30)/t18-,19-. The molecule has 2 aliphatic rings. The summed E-state index contributed by atoms with van der Waals surface area (Å²) in [5.74, 6) is 0.565. The number of rotatable bonds is 10. The molecule has 0 spiro atoms. The van der Waals surface area contributed by atoms with Gasteiger partial charge < -0.3 is 20.7 Å². The van der Waals surface area contributed by atoms with Crippen molar-refractivity contribution >= 4 is 11.5 Å². The van der Waals surface area contributed by atoms with Gasteiger partial charge in [0.25, 0.3) is 0 Å². The van der Waals surface area contributed by atoms with E-state index in [2.05, 4.69) is 20.9 Å². The van der Waals surface area contributed by atoms with E-state index in [1.807, 2.05) is 0 Å². The highest BCUT2D eigenvalue weighted by molar-refractivity contribution is 5.71. The zero-order valence-corrected chi connectivity index (χ0v) is 18.1. The maximum absolute atomic E-state index is 14.6.